The molecule has 3 atom stereocenters. The highest BCUT2D eigenvalue weighted by molar-refractivity contribution is 5.89. The molecule has 3 heteroatoms. The molecule has 1 fully saturated rings. The second-order valence-corrected chi connectivity index (χ2v) is 4.78. The molecular weight excluding hydrogens is 216 g/mol. The van der Waals surface area contributed by atoms with Crippen LogP contribution in [0, 0.1) is 11.8 Å². The van der Waals surface area contributed by atoms with Gasteiger partial charge in [-0.15, -0.1) is 0 Å². The lowest BCUT2D eigenvalue weighted by atomic mass is 9.77. The molecule has 0 radical (unpaired) electrons. The monoisotopic (exact) mass is 236 g/mol. The molecule has 0 N–H and O–H groups in total. The summed E-state index contributed by atoms with van der Waals surface area (Å²) in [7, 11) is 1.43. The molecule has 2 rings (SSSR count). The van der Waals surface area contributed by atoms with Crippen LogP contribution in [0.15, 0.2) is 24.0 Å². The maximum absolute atomic E-state index is 11.7. The molecule has 1 aliphatic heterocycles. The Balaban J connectivity index is 2.31. The molecule has 1 saturated heterocycles. The van der Waals surface area contributed by atoms with E-state index in [4.69, 9.17) is 9.47 Å². The highest BCUT2D eigenvalue weighted by atomic mass is 16.5. The predicted octanol–water partition coefficient (Wildman–Crippen LogP) is 2.82. The summed E-state index contributed by atoms with van der Waals surface area (Å²) in [5.41, 5.74) is 0.742. The van der Waals surface area contributed by atoms with Gasteiger partial charge in [-0.2, -0.15) is 0 Å². The Kier molecular flexibility index (Phi) is 3.55. The number of methoxy groups -OCH3 is 1. The number of esters is 1. The van der Waals surface area contributed by atoms with Crippen molar-refractivity contribution >= 4 is 5.97 Å². The van der Waals surface area contributed by atoms with Crippen LogP contribution in [0.4, 0.5) is 0 Å². The number of rotatable bonds is 3. The van der Waals surface area contributed by atoms with E-state index >= 15 is 0 Å². The third kappa shape index (κ3) is 2.11. The van der Waals surface area contributed by atoms with Crippen molar-refractivity contribution in [2.75, 3.05) is 7.11 Å². The zero-order chi connectivity index (χ0) is 12.4. The smallest absolute Gasteiger partial charge is 0.337 e. The number of ether oxygens (including phenoxy) is 2. The number of hydrogen-bond acceptors (Lipinski definition) is 3. The topological polar surface area (TPSA) is 35.5 Å². The third-order valence-electron chi connectivity index (χ3n) is 3.95. The first-order valence-electron chi connectivity index (χ1n) is 6.31. The summed E-state index contributed by atoms with van der Waals surface area (Å²) in [5, 5.41) is 0. The van der Waals surface area contributed by atoms with Crippen molar-refractivity contribution in [1.29, 1.82) is 0 Å². The van der Waals surface area contributed by atoms with Crippen molar-refractivity contribution in [1.82, 2.24) is 0 Å². The minimum Gasteiger partial charge on any atom is -0.490 e. The standard InChI is InChI=1S/C14H20O3/c1-4-9-6-7-11(14(15)16-3)13-12(9)8-10(5-2)17-13/h5,9-10,12H,2,4,6-8H2,1,3H3/t9-,10+,12+/m1/s1. The van der Waals surface area contributed by atoms with Gasteiger partial charge in [0.25, 0.3) is 0 Å². The van der Waals surface area contributed by atoms with Gasteiger partial charge in [-0.25, -0.2) is 4.79 Å². The lowest BCUT2D eigenvalue weighted by Crippen LogP contribution is -2.23. The normalized spacial score (nSPS) is 31.8. The van der Waals surface area contributed by atoms with Crippen molar-refractivity contribution in [3.63, 3.8) is 0 Å². The van der Waals surface area contributed by atoms with Crippen LogP contribution in [0.5, 0.6) is 0 Å². The second kappa shape index (κ2) is 4.94. The second-order valence-electron chi connectivity index (χ2n) is 4.78. The molecular formula is C14H20O3. The summed E-state index contributed by atoms with van der Waals surface area (Å²) in [6.45, 7) is 5.98. The number of hydrogen-bond donors (Lipinski definition) is 0. The van der Waals surface area contributed by atoms with Crippen molar-refractivity contribution < 1.29 is 14.3 Å². The first-order valence-corrected chi connectivity index (χ1v) is 6.31. The zero-order valence-corrected chi connectivity index (χ0v) is 10.6. The van der Waals surface area contributed by atoms with E-state index in [9.17, 15) is 4.79 Å². The van der Waals surface area contributed by atoms with Gasteiger partial charge in [0.15, 0.2) is 0 Å². The number of carbonyl (C=O) groups is 1. The van der Waals surface area contributed by atoms with E-state index < -0.39 is 0 Å². The van der Waals surface area contributed by atoms with Crippen LogP contribution in [0.2, 0.25) is 0 Å². The molecule has 17 heavy (non-hydrogen) atoms. The number of carbonyl (C=O) groups excluding carboxylic acids is 1. The summed E-state index contributed by atoms with van der Waals surface area (Å²) in [6, 6.07) is 0. The molecule has 94 valence electrons. The van der Waals surface area contributed by atoms with Crippen molar-refractivity contribution in [2.24, 2.45) is 11.8 Å². The SMILES string of the molecule is C=C[C@H]1C[C@@H]2C(=C(C(=O)OC)CC[C@H]2CC)O1. The van der Waals surface area contributed by atoms with Crippen molar-refractivity contribution in [2.45, 2.75) is 38.7 Å². The third-order valence-corrected chi connectivity index (χ3v) is 3.95. The molecule has 0 bridgehead atoms. The zero-order valence-electron chi connectivity index (χ0n) is 10.6. The largest absolute Gasteiger partial charge is 0.490 e. The van der Waals surface area contributed by atoms with Crippen LogP contribution < -0.4 is 0 Å². The molecule has 1 heterocycles. The first-order chi connectivity index (χ1) is 8.21. The van der Waals surface area contributed by atoms with Crippen LogP contribution in [0.25, 0.3) is 0 Å². The van der Waals surface area contributed by atoms with E-state index in [0.717, 1.165) is 37.0 Å². The molecule has 0 aromatic heterocycles. The van der Waals surface area contributed by atoms with Crippen molar-refractivity contribution in [3.8, 4) is 0 Å². The quantitative estimate of drug-likeness (QED) is 0.558. The highest BCUT2D eigenvalue weighted by Gasteiger charge is 2.41. The van der Waals surface area contributed by atoms with Crippen LogP contribution >= 0.6 is 0 Å². The highest BCUT2D eigenvalue weighted by Crippen LogP contribution is 2.45. The average Bonchev–Trinajstić information content (AvgIpc) is 2.80. The summed E-state index contributed by atoms with van der Waals surface area (Å²) in [5.74, 6) is 1.65. The lowest BCUT2D eigenvalue weighted by Gasteiger charge is -2.28. The van der Waals surface area contributed by atoms with E-state index in [0.29, 0.717) is 11.8 Å². The molecule has 0 amide bonds. The van der Waals surface area contributed by atoms with Gasteiger partial charge in [0.05, 0.1) is 12.7 Å². The molecule has 0 unspecified atom stereocenters. The first kappa shape index (κ1) is 12.2. The van der Waals surface area contributed by atoms with Gasteiger partial charge >= 0.3 is 5.97 Å². The number of fused-ring (bicyclic) bond motifs is 1. The summed E-state index contributed by atoms with van der Waals surface area (Å²) >= 11 is 0. The van der Waals surface area contributed by atoms with Crippen molar-refractivity contribution in [3.05, 3.63) is 24.0 Å². The minimum absolute atomic E-state index is 0.0572. The van der Waals surface area contributed by atoms with Gasteiger partial charge in [-0.1, -0.05) is 26.0 Å². The van der Waals surface area contributed by atoms with E-state index in [1.807, 2.05) is 6.08 Å². The lowest BCUT2D eigenvalue weighted by molar-refractivity contribution is -0.136. The van der Waals surface area contributed by atoms with Gasteiger partial charge in [0.2, 0.25) is 0 Å². The minimum atomic E-state index is -0.232. The summed E-state index contributed by atoms with van der Waals surface area (Å²) < 4.78 is 10.7. The van der Waals surface area contributed by atoms with Gasteiger partial charge in [0.1, 0.15) is 11.9 Å². The molecule has 3 nitrogen and oxygen atoms in total. The van der Waals surface area contributed by atoms with Gasteiger partial charge in [0, 0.05) is 5.92 Å². The fraction of sp³-hybridized carbons (Fsp3) is 0.643. The van der Waals surface area contributed by atoms with Crippen LogP contribution in [0.1, 0.15) is 32.6 Å². The molecule has 0 spiro atoms. The van der Waals surface area contributed by atoms with E-state index in [1.54, 1.807) is 0 Å². The Bertz CT molecular complexity index is 356. The van der Waals surface area contributed by atoms with E-state index in [2.05, 4.69) is 13.5 Å². The molecule has 1 aliphatic carbocycles. The Labute approximate surface area is 102 Å². The van der Waals surface area contributed by atoms with Crippen LogP contribution in [-0.2, 0) is 14.3 Å². The van der Waals surface area contributed by atoms with Gasteiger partial charge in [-0.3, -0.25) is 0 Å². The van der Waals surface area contributed by atoms with Crippen LogP contribution in [0.3, 0.4) is 0 Å². The van der Waals surface area contributed by atoms with E-state index in [-0.39, 0.29) is 12.1 Å². The Morgan fingerprint density at radius 2 is 2.41 bits per heavy atom. The number of allylic oxidation sites excluding steroid dienone is 1. The fourth-order valence-corrected chi connectivity index (χ4v) is 2.97. The summed E-state index contributed by atoms with van der Waals surface area (Å²) in [6.07, 6.45) is 5.81. The molecule has 0 aromatic carbocycles. The molecule has 0 aromatic rings. The Morgan fingerprint density at radius 1 is 1.65 bits per heavy atom. The van der Waals surface area contributed by atoms with Crippen LogP contribution in [-0.4, -0.2) is 19.2 Å². The molecule has 0 saturated carbocycles. The molecule has 2 aliphatic rings. The van der Waals surface area contributed by atoms with Gasteiger partial charge < -0.3 is 9.47 Å². The maximum Gasteiger partial charge on any atom is 0.337 e. The summed E-state index contributed by atoms with van der Waals surface area (Å²) in [4.78, 5) is 11.7. The Morgan fingerprint density at radius 3 is 3.00 bits per heavy atom. The average molecular weight is 236 g/mol. The maximum atomic E-state index is 11.7. The Hall–Kier alpha value is -1.25. The fourth-order valence-electron chi connectivity index (χ4n) is 2.97. The van der Waals surface area contributed by atoms with E-state index in [1.165, 1.54) is 7.11 Å². The predicted molar refractivity (Wildman–Crippen MR) is 65.2 cm³/mol. The van der Waals surface area contributed by atoms with Gasteiger partial charge in [-0.05, 0) is 25.2 Å².